The summed E-state index contributed by atoms with van der Waals surface area (Å²) in [6.07, 6.45) is -0.644. The highest BCUT2D eigenvalue weighted by Crippen LogP contribution is 2.28. The number of rotatable bonds is 6. The minimum absolute atomic E-state index is 0.208. The molecule has 3 rings (SSSR count). The van der Waals surface area contributed by atoms with Gasteiger partial charge in [-0.2, -0.15) is 0 Å². The Kier molecular flexibility index (Phi) is 5.64. The number of benzene rings is 3. The topological polar surface area (TPSA) is 47.6 Å². The van der Waals surface area contributed by atoms with Crippen molar-refractivity contribution in [1.29, 1.82) is 0 Å². The van der Waals surface area contributed by atoms with Crippen LogP contribution >= 0.6 is 11.6 Å². The van der Waals surface area contributed by atoms with Crippen LogP contribution in [0.1, 0.15) is 12.5 Å². The normalized spacial score (nSPS) is 11.8. The van der Waals surface area contributed by atoms with Crippen LogP contribution in [0.4, 0.5) is 0 Å². The van der Waals surface area contributed by atoms with Crippen molar-refractivity contribution in [2.24, 2.45) is 0 Å². The zero-order valence-corrected chi connectivity index (χ0v) is 15.4. The summed E-state index contributed by atoms with van der Waals surface area (Å²) in [5, 5.41) is 5.64. The van der Waals surface area contributed by atoms with Gasteiger partial charge in [-0.15, -0.1) is 0 Å². The van der Waals surface area contributed by atoms with E-state index in [0.717, 1.165) is 22.1 Å². The lowest BCUT2D eigenvalue weighted by Crippen LogP contribution is -2.36. The van der Waals surface area contributed by atoms with E-state index in [1.54, 1.807) is 38.3 Å². The van der Waals surface area contributed by atoms with Crippen LogP contribution < -0.4 is 14.8 Å². The fraction of sp³-hybridized carbons (Fsp3) is 0.190. The molecule has 0 fully saturated rings. The molecule has 3 aromatic carbocycles. The number of methoxy groups -OCH3 is 1. The number of fused-ring (bicyclic) bond motifs is 1. The summed E-state index contributed by atoms with van der Waals surface area (Å²) in [4.78, 5) is 12.4. The third-order valence-electron chi connectivity index (χ3n) is 4.14. The highest BCUT2D eigenvalue weighted by atomic mass is 35.5. The summed E-state index contributed by atoms with van der Waals surface area (Å²) >= 11 is 5.94. The lowest BCUT2D eigenvalue weighted by atomic mass is 10.0. The second-order valence-electron chi connectivity index (χ2n) is 5.90. The Labute approximate surface area is 157 Å². The molecule has 1 unspecified atom stereocenters. The molecule has 0 spiro atoms. The molecule has 0 radical (unpaired) electrons. The number of ether oxygens (including phenoxy) is 2. The van der Waals surface area contributed by atoms with Gasteiger partial charge in [0.1, 0.15) is 11.5 Å². The van der Waals surface area contributed by atoms with Crippen LogP contribution in [0, 0.1) is 0 Å². The second kappa shape index (κ2) is 8.11. The third-order valence-corrected chi connectivity index (χ3v) is 4.37. The largest absolute Gasteiger partial charge is 0.496 e. The molecule has 0 saturated heterocycles. The van der Waals surface area contributed by atoms with E-state index in [1.165, 1.54) is 0 Å². The molecule has 0 aliphatic heterocycles. The highest BCUT2D eigenvalue weighted by molar-refractivity contribution is 6.30. The predicted molar refractivity (Wildman–Crippen MR) is 104 cm³/mol. The van der Waals surface area contributed by atoms with Crippen molar-refractivity contribution in [1.82, 2.24) is 5.32 Å². The van der Waals surface area contributed by atoms with E-state index in [9.17, 15) is 4.79 Å². The molecule has 0 bridgehead atoms. The lowest BCUT2D eigenvalue weighted by Gasteiger charge is -2.17. The Hall–Kier alpha value is -2.72. The molecule has 1 N–H and O–H groups in total. The van der Waals surface area contributed by atoms with E-state index in [0.29, 0.717) is 17.3 Å². The maximum Gasteiger partial charge on any atom is 0.261 e. The first-order chi connectivity index (χ1) is 12.6. The highest BCUT2D eigenvalue weighted by Gasteiger charge is 2.16. The predicted octanol–water partition coefficient (Wildman–Crippen LogP) is 4.59. The molecule has 0 aliphatic carbocycles. The molecular formula is C21H20ClNO3. The van der Waals surface area contributed by atoms with Crippen LogP contribution in [0.25, 0.3) is 10.8 Å². The number of halogens is 1. The molecule has 4 nitrogen and oxygen atoms in total. The van der Waals surface area contributed by atoms with Crippen LogP contribution in [-0.4, -0.2) is 19.1 Å². The number of carbonyl (C=O) groups excluding carboxylic acids is 1. The smallest absolute Gasteiger partial charge is 0.261 e. The molecule has 1 atom stereocenters. The molecule has 134 valence electrons. The van der Waals surface area contributed by atoms with Gasteiger partial charge < -0.3 is 14.8 Å². The van der Waals surface area contributed by atoms with Crippen molar-refractivity contribution in [3.63, 3.8) is 0 Å². The van der Waals surface area contributed by atoms with E-state index < -0.39 is 6.10 Å². The second-order valence-corrected chi connectivity index (χ2v) is 6.34. The van der Waals surface area contributed by atoms with Crippen LogP contribution in [-0.2, 0) is 11.3 Å². The summed E-state index contributed by atoms with van der Waals surface area (Å²) in [6, 6.07) is 18.9. The summed E-state index contributed by atoms with van der Waals surface area (Å²) in [5.41, 5.74) is 0.939. The lowest BCUT2D eigenvalue weighted by molar-refractivity contribution is -0.127. The number of hydrogen-bond donors (Lipinski definition) is 1. The number of hydrogen-bond acceptors (Lipinski definition) is 3. The van der Waals surface area contributed by atoms with Crippen LogP contribution in [0.3, 0.4) is 0 Å². The third kappa shape index (κ3) is 4.09. The van der Waals surface area contributed by atoms with Crippen molar-refractivity contribution in [3.8, 4) is 11.5 Å². The molecule has 26 heavy (non-hydrogen) atoms. The van der Waals surface area contributed by atoms with Gasteiger partial charge >= 0.3 is 0 Å². The van der Waals surface area contributed by atoms with Crippen LogP contribution in [0.15, 0.2) is 60.7 Å². The van der Waals surface area contributed by atoms with Gasteiger partial charge in [-0.1, -0.05) is 48.0 Å². The standard InChI is InChI=1S/C21H20ClNO3/c1-14(26-17-8-5-7-16(22)12-17)21(24)23-13-19-18-9-4-3-6-15(18)10-11-20(19)25-2/h3-12,14H,13H2,1-2H3,(H,23,24). The minimum Gasteiger partial charge on any atom is -0.496 e. The first kappa shape index (κ1) is 18.1. The Bertz CT molecular complexity index is 926. The van der Waals surface area contributed by atoms with E-state index in [-0.39, 0.29) is 5.91 Å². The molecule has 0 heterocycles. The van der Waals surface area contributed by atoms with E-state index in [2.05, 4.69) is 5.32 Å². The van der Waals surface area contributed by atoms with Gasteiger partial charge in [-0.25, -0.2) is 0 Å². The monoisotopic (exact) mass is 369 g/mol. The summed E-state index contributed by atoms with van der Waals surface area (Å²) < 4.78 is 11.1. The molecule has 0 aromatic heterocycles. The first-order valence-corrected chi connectivity index (χ1v) is 8.71. The van der Waals surface area contributed by atoms with Gasteiger partial charge in [0.05, 0.1) is 7.11 Å². The van der Waals surface area contributed by atoms with Crippen LogP contribution in [0.2, 0.25) is 5.02 Å². The van der Waals surface area contributed by atoms with Gasteiger partial charge in [0.25, 0.3) is 5.91 Å². The number of nitrogens with one attached hydrogen (secondary N) is 1. The zero-order chi connectivity index (χ0) is 18.5. The SMILES string of the molecule is COc1ccc2ccccc2c1CNC(=O)C(C)Oc1cccc(Cl)c1. The van der Waals surface area contributed by atoms with Crippen LogP contribution in [0.5, 0.6) is 11.5 Å². The zero-order valence-electron chi connectivity index (χ0n) is 14.7. The Morgan fingerprint density at radius 2 is 1.92 bits per heavy atom. The number of carbonyl (C=O) groups is 1. The van der Waals surface area contributed by atoms with Gasteiger partial charge in [-0.05, 0) is 42.0 Å². The summed E-state index contributed by atoms with van der Waals surface area (Å²) in [6.45, 7) is 2.06. The Morgan fingerprint density at radius 3 is 2.69 bits per heavy atom. The van der Waals surface area contributed by atoms with Crippen molar-refractivity contribution in [2.45, 2.75) is 19.6 Å². The molecule has 0 aliphatic rings. The summed E-state index contributed by atoms with van der Waals surface area (Å²) in [5.74, 6) is 1.09. The van der Waals surface area contributed by atoms with Gasteiger partial charge in [0.2, 0.25) is 0 Å². The van der Waals surface area contributed by atoms with Crippen molar-refractivity contribution < 1.29 is 14.3 Å². The quantitative estimate of drug-likeness (QED) is 0.691. The summed E-state index contributed by atoms with van der Waals surface area (Å²) in [7, 11) is 1.63. The van der Waals surface area contributed by atoms with Gasteiger partial charge in [0.15, 0.2) is 6.10 Å². The maximum absolute atomic E-state index is 12.4. The Morgan fingerprint density at radius 1 is 1.12 bits per heavy atom. The Balaban J connectivity index is 1.72. The molecule has 0 saturated carbocycles. The average Bonchev–Trinajstić information content (AvgIpc) is 2.65. The fourth-order valence-corrected chi connectivity index (χ4v) is 2.99. The van der Waals surface area contributed by atoms with E-state index in [1.807, 2.05) is 36.4 Å². The first-order valence-electron chi connectivity index (χ1n) is 8.33. The van der Waals surface area contributed by atoms with Gasteiger partial charge in [-0.3, -0.25) is 4.79 Å². The maximum atomic E-state index is 12.4. The molecular weight excluding hydrogens is 350 g/mol. The van der Waals surface area contributed by atoms with Gasteiger partial charge in [0, 0.05) is 17.1 Å². The van der Waals surface area contributed by atoms with E-state index in [4.69, 9.17) is 21.1 Å². The number of amides is 1. The fourth-order valence-electron chi connectivity index (χ4n) is 2.81. The molecule has 1 amide bonds. The molecule has 5 heteroatoms. The average molecular weight is 370 g/mol. The van der Waals surface area contributed by atoms with Crippen molar-refractivity contribution in [2.75, 3.05) is 7.11 Å². The minimum atomic E-state index is -0.644. The van der Waals surface area contributed by atoms with Crippen molar-refractivity contribution in [3.05, 3.63) is 71.2 Å². The van der Waals surface area contributed by atoms with E-state index >= 15 is 0 Å². The molecule has 3 aromatic rings. The van der Waals surface area contributed by atoms with Crippen molar-refractivity contribution >= 4 is 28.3 Å².